The number of rotatable bonds is 6. The van der Waals surface area contributed by atoms with Crippen LogP contribution < -0.4 is 19.6 Å². The fourth-order valence-electron chi connectivity index (χ4n) is 4.67. The van der Waals surface area contributed by atoms with Crippen LogP contribution in [0.4, 0.5) is 4.39 Å². The van der Waals surface area contributed by atoms with Gasteiger partial charge in [-0.25, -0.2) is 4.39 Å². The first kappa shape index (κ1) is 21.9. The van der Waals surface area contributed by atoms with Gasteiger partial charge in [0, 0.05) is 6.54 Å². The molecule has 2 aliphatic heterocycles. The van der Waals surface area contributed by atoms with Crippen LogP contribution in [0.5, 0.6) is 17.2 Å². The van der Waals surface area contributed by atoms with Crippen LogP contribution in [0.25, 0.3) is 11.0 Å². The average Bonchev–Trinajstić information content (AvgIpc) is 3.46. The molecule has 0 fully saturated rings. The number of nitrogens with zero attached hydrogens (tertiary/aromatic N) is 1. The van der Waals surface area contributed by atoms with E-state index >= 15 is 0 Å². The molecule has 180 valence electrons. The van der Waals surface area contributed by atoms with E-state index in [1.54, 1.807) is 41.3 Å². The Hall–Kier alpha value is -4.59. The van der Waals surface area contributed by atoms with E-state index in [1.165, 1.54) is 12.1 Å². The van der Waals surface area contributed by atoms with Gasteiger partial charge in [-0.3, -0.25) is 9.59 Å². The monoisotopic (exact) mass is 485 g/mol. The molecule has 8 heteroatoms. The molecule has 2 aliphatic rings. The standard InChI is InChI=1S/C28H20FNO6/c1-2-10-33-19-5-3-4-17(12-19)25-24-26(31)20-13-18(29)7-9-21(20)36-27(24)28(32)30(25)14-16-6-8-22-23(11-16)35-15-34-22/h2-9,11-13,25H,1,10,14-15H2/t25-/m1/s1. The molecule has 0 bridgehead atoms. The summed E-state index contributed by atoms with van der Waals surface area (Å²) in [6.07, 6.45) is 1.63. The quantitative estimate of drug-likeness (QED) is 0.359. The van der Waals surface area contributed by atoms with E-state index in [2.05, 4.69) is 6.58 Å². The molecule has 36 heavy (non-hydrogen) atoms. The molecule has 0 spiro atoms. The van der Waals surface area contributed by atoms with Crippen molar-refractivity contribution in [1.82, 2.24) is 4.90 Å². The Labute approximate surface area is 204 Å². The summed E-state index contributed by atoms with van der Waals surface area (Å²) < 4.78 is 36.5. The summed E-state index contributed by atoms with van der Waals surface area (Å²) >= 11 is 0. The highest BCUT2D eigenvalue weighted by Crippen LogP contribution is 2.41. The largest absolute Gasteiger partial charge is 0.490 e. The van der Waals surface area contributed by atoms with Crippen molar-refractivity contribution in [3.05, 3.63) is 112 Å². The SMILES string of the molecule is C=CCOc1cccc([C@@H]2c3c(oc4ccc(F)cc4c3=O)C(=O)N2Cc2ccc3c(c2)OCO3)c1. The summed E-state index contributed by atoms with van der Waals surface area (Å²) in [7, 11) is 0. The smallest absolute Gasteiger partial charge is 0.291 e. The summed E-state index contributed by atoms with van der Waals surface area (Å²) in [5.74, 6) is 0.725. The van der Waals surface area contributed by atoms with Gasteiger partial charge < -0.3 is 23.5 Å². The fourth-order valence-corrected chi connectivity index (χ4v) is 4.67. The zero-order chi connectivity index (χ0) is 24.8. The number of fused-ring (bicyclic) bond motifs is 3. The molecule has 1 aromatic heterocycles. The molecule has 0 saturated carbocycles. The van der Waals surface area contributed by atoms with Gasteiger partial charge in [0.25, 0.3) is 5.91 Å². The number of benzene rings is 3. The first-order valence-corrected chi connectivity index (χ1v) is 11.3. The zero-order valence-corrected chi connectivity index (χ0v) is 19.0. The Balaban J connectivity index is 1.50. The zero-order valence-electron chi connectivity index (χ0n) is 19.0. The lowest BCUT2D eigenvalue weighted by atomic mass is 9.98. The fraction of sp³-hybridized carbons (Fsp3) is 0.143. The van der Waals surface area contributed by atoms with Crippen molar-refractivity contribution in [2.24, 2.45) is 0 Å². The molecular weight excluding hydrogens is 465 g/mol. The predicted octanol–water partition coefficient (Wildman–Crippen LogP) is 4.97. The maximum absolute atomic E-state index is 14.0. The third-order valence-corrected chi connectivity index (χ3v) is 6.26. The van der Waals surface area contributed by atoms with Crippen molar-refractivity contribution in [3.8, 4) is 17.2 Å². The van der Waals surface area contributed by atoms with Crippen LogP contribution in [0.1, 0.15) is 33.3 Å². The first-order chi connectivity index (χ1) is 17.5. The lowest BCUT2D eigenvalue weighted by Crippen LogP contribution is -2.29. The molecule has 7 nitrogen and oxygen atoms in total. The number of hydrogen-bond donors (Lipinski definition) is 0. The van der Waals surface area contributed by atoms with Gasteiger partial charge in [0.15, 0.2) is 16.9 Å². The average molecular weight is 485 g/mol. The van der Waals surface area contributed by atoms with Crippen LogP contribution in [-0.2, 0) is 6.54 Å². The Kier molecular flexibility index (Phi) is 5.21. The minimum absolute atomic E-state index is 0.0535. The molecule has 0 saturated heterocycles. The Morgan fingerprint density at radius 3 is 2.78 bits per heavy atom. The van der Waals surface area contributed by atoms with Crippen LogP contribution in [0.15, 0.2) is 82.5 Å². The van der Waals surface area contributed by atoms with Crippen LogP contribution in [0.2, 0.25) is 0 Å². The van der Waals surface area contributed by atoms with Gasteiger partial charge in [0.2, 0.25) is 12.6 Å². The highest BCUT2D eigenvalue weighted by Gasteiger charge is 2.43. The van der Waals surface area contributed by atoms with Crippen molar-refractivity contribution < 1.29 is 27.8 Å². The van der Waals surface area contributed by atoms with E-state index < -0.39 is 23.2 Å². The molecular formula is C28H20FNO6. The number of ether oxygens (including phenoxy) is 3. The van der Waals surface area contributed by atoms with Gasteiger partial charge in [-0.05, 0) is 53.6 Å². The lowest BCUT2D eigenvalue weighted by molar-refractivity contribution is 0.0714. The number of carbonyl (C=O) groups is 1. The van der Waals surface area contributed by atoms with Crippen LogP contribution in [0, 0.1) is 5.82 Å². The molecule has 0 aliphatic carbocycles. The maximum atomic E-state index is 14.0. The summed E-state index contributed by atoms with van der Waals surface area (Å²) in [4.78, 5) is 28.8. The van der Waals surface area contributed by atoms with E-state index in [0.29, 0.717) is 29.4 Å². The summed E-state index contributed by atoms with van der Waals surface area (Å²) in [6.45, 7) is 4.27. The third kappa shape index (κ3) is 3.58. The Morgan fingerprint density at radius 1 is 1.06 bits per heavy atom. The first-order valence-electron chi connectivity index (χ1n) is 11.3. The van der Waals surface area contributed by atoms with E-state index in [9.17, 15) is 14.0 Å². The molecule has 0 N–H and O–H groups in total. The van der Waals surface area contributed by atoms with Crippen molar-refractivity contribution in [3.63, 3.8) is 0 Å². The molecule has 6 rings (SSSR count). The van der Waals surface area contributed by atoms with E-state index in [4.69, 9.17) is 18.6 Å². The van der Waals surface area contributed by atoms with Gasteiger partial charge in [0.05, 0.1) is 17.0 Å². The second kappa shape index (κ2) is 8.57. The van der Waals surface area contributed by atoms with Gasteiger partial charge in [-0.2, -0.15) is 0 Å². The summed E-state index contributed by atoms with van der Waals surface area (Å²) in [6, 6.07) is 15.5. The predicted molar refractivity (Wildman–Crippen MR) is 129 cm³/mol. The molecule has 4 aromatic rings. The molecule has 0 radical (unpaired) electrons. The third-order valence-electron chi connectivity index (χ3n) is 6.26. The topological polar surface area (TPSA) is 78.2 Å². The van der Waals surface area contributed by atoms with Gasteiger partial charge in [-0.1, -0.05) is 30.9 Å². The number of hydrogen-bond acceptors (Lipinski definition) is 6. The minimum Gasteiger partial charge on any atom is -0.490 e. The molecule has 0 unspecified atom stereocenters. The maximum Gasteiger partial charge on any atom is 0.291 e. The summed E-state index contributed by atoms with van der Waals surface area (Å²) in [5, 5.41) is 0.0792. The molecule has 3 aromatic carbocycles. The van der Waals surface area contributed by atoms with Crippen molar-refractivity contribution in [2.45, 2.75) is 12.6 Å². The van der Waals surface area contributed by atoms with Crippen LogP contribution in [-0.4, -0.2) is 24.2 Å². The van der Waals surface area contributed by atoms with Crippen molar-refractivity contribution in [2.75, 3.05) is 13.4 Å². The van der Waals surface area contributed by atoms with E-state index in [-0.39, 0.29) is 35.6 Å². The minimum atomic E-state index is -0.769. The number of amides is 1. The van der Waals surface area contributed by atoms with E-state index in [1.807, 2.05) is 12.1 Å². The normalized spacial score (nSPS) is 15.9. The summed E-state index contributed by atoms with van der Waals surface area (Å²) in [5.41, 5.74) is 1.31. The highest BCUT2D eigenvalue weighted by molar-refractivity contribution is 5.99. The number of halogens is 1. The molecule has 1 atom stereocenters. The van der Waals surface area contributed by atoms with Crippen molar-refractivity contribution in [1.29, 1.82) is 0 Å². The van der Waals surface area contributed by atoms with Gasteiger partial charge >= 0.3 is 0 Å². The van der Waals surface area contributed by atoms with Gasteiger partial charge in [0.1, 0.15) is 23.8 Å². The van der Waals surface area contributed by atoms with Crippen LogP contribution in [0.3, 0.4) is 0 Å². The Morgan fingerprint density at radius 2 is 1.92 bits per heavy atom. The van der Waals surface area contributed by atoms with Gasteiger partial charge in [-0.15, -0.1) is 0 Å². The number of carbonyl (C=O) groups excluding carboxylic acids is 1. The van der Waals surface area contributed by atoms with Crippen LogP contribution >= 0.6 is 0 Å². The van der Waals surface area contributed by atoms with E-state index in [0.717, 1.165) is 11.6 Å². The van der Waals surface area contributed by atoms with Crippen molar-refractivity contribution >= 4 is 16.9 Å². The molecule has 1 amide bonds. The Bertz CT molecular complexity index is 1590. The second-order valence-electron chi connectivity index (χ2n) is 8.51. The molecule has 3 heterocycles. The second-order valence-corrected chi connectivity index (χ2v) is 8.51. The highest BCUT2D eigenvalue weighted by atomic mass is 19.1. The lowest BCUT2D eigenvalue weighted by Gasteiger charge is -2.25.